The Morgan fingerprint density at radius 1 is 1.02 bits per heavy atom. The van der Waals surface area contributed by atoms with Crippen molar-refractivity contribution in [3.8, 4) is 11.5 Å². The number of unbranched alkanes of at least 4 members (excludes halogenated alkanes) is 2. The Labute approximate surface area is 344 Å². The van der Waals surface area contributed by atoms with Crippen molar-refractivity contribution in [2.45, 2.75) is 80.3 Å². The van der Waals surface area contributed by atoms with E-state index in [1.807, 2.05) is 36.4 Å². The minimum absolute atomic E-state index is 0.00185. The number of hydrogen-bond donors (Lipinski definition) is 3. The van der Waals surface area contributed by atoms with E-state index in [1.54, 1.807) is 36.0 Å². The summed E-state index contributed by atoms with van der Waals surface area (Å²) in [7, 11) is 0. The highest BCUT2D eigenvalue weighted by Crippen LogP contribution is 2.63. The largest absolute Gasteiger partial charge is 0.490 e. The molecule has 3 N–H and O–H groups in total. The number of ether oxygens (including phenoxy) is 3. The summed E-state index contributed by atoms with van der Waals surface area (Å²) in [5.74, 6) is -0.190. The molecule has 3 aliphatic rings. The summed E-state index contributed by atoms with van der Waals surface area (Å²) in [5, 5.41) is 38.3. The summed E-state index contributed by atoms with van der Waals surface area (Å²) in [6.07, 6.45) is 10.9. The summed E-state index contributed by atoms with van der Waals surface area (Å²) in [4.78, 5) is 29.7. The van der Waals surface area contributed by atoms with Gasteiger partial charge in [0.25, 0.3) is 5.69 Å². The normalized spacial score (nSPS) is 23.7. The first-order chi connectivity index (χ1) is 28.2. The highest BCUT2D eigenvalue weighted by molar-refractivity contribution is 8.00. The number of nitrogens with one attached hydrogen (secondary N) is 1. The van der Waals surface area contributed by atoms with Crippen molar-refractivity contribution in [2.24, 2.45) is 22.9 Å². The maximum absolute atomic E-state index is 11.8. The molecule has 1 aliphatic heterocycles. The molecular formula is C45H53N3O9S. The minimum atomic E-state index is -1.19. The molecule has 3 aromatic carbocycles. The van der Waals surface area contributed by atoms with Crippen LogP contribution < -0.4 is 14.8 Å². The number of hydrogen-bond acceptors (Lipinski definition) is 11. The van der Waals surface area contributed by atoms with Gasteiger partial charge in [-0.2, -0.15) is 0 Å². The number of fused-ring (bicyclic) bond motifs is 2. The lowest BCUT2D eigenvalue weighted by molar-refractivity contribution is -0.384. The van der Waals surface area contributed by atoms with Crippen LogP contribution in [-0.4, -0.2) is 64.2 Å². The van der Waals surface area contributed by atoms with E-state index in [0.29, 0.717) is 43.1 Å². The number of carbonyl (C=O) groups excluding carboxylic acids is 1. The standard InChI is InChI=1S/C45H53N3O9S/c1-4-24-54-35-18-21-41-39(27-35)43-37(11-7-9-23-50)32(10-6-8-22-49)26-38-40(47-56-29-31-12-16-34(17-13-31)48(52)53)28-42(45(57-41,44(38)43)55-25-5-2)58-36-19-14-33(15-20-36)46-30(3)51/h4-5,12-21,26-27,32,37,42-44,49-50H,1-2,6-11,22-25,28-29H2,3H3,(H,46,51). The van der Waals surface area contributed by atoms with E-state index in [4.69, 9.17) is 24.2 Å². The third-order valence-electron chi connectivity index (χ3n) is 11.0. The minimum Gasteiger partial charge on any atom is -0.490 e. The molecule has 308 valence electrons. The van der Waals surface area contributed by atoms with Crippen LogP contribution >= 0.6 is 11.8 Å². The quantitative estimate of drug-likeness (QED) is 0.0411. The molecule has 3 aromatic rings. The summed E-state index contributed by atoms with van der Waals surface area (Å²) in [6, 6.07) is 19.9. The zero-order valence-electron chi connectivity index (χ0n) is 32.9. The molecule has 0 saturated heterocycles. The van der Waals surface area contributed by atoms with Gasteiger partial charge in [0, 0.05) is 60.8 Å². The maximum Gasteiger partial charge on any atom is 0.269 e. The number of amides is 1. The molecule has 6 atom stereocenters. The second kappa shape index (κ2) is 20.1. The van der Waals surface area contributed by atoms with Gasteiger partial charge < -0.3 is 34.6 Å². The van der Waals surface area contributed by atoms with Crippen LogP contribution in [0.1, 0.15) is 68.9 Å². The predicted molar refractivity (Wildman–Crippen MR) is 225 cm³/mol. The van der Waals surface area contributed by atoms with Gasteiger partial charge in [0.1, 0.15) is 24.7 Å². The van der Waals surface area contributed by atoms with Crippen molar-refractivity contribution >= 4 is 34.8 Å². The van der Waals surface area contributed by atoms with Crippen molar-refractivity contribution in [1.29, 1.82) is 0 Å². The number of aliphatic hydroxyl groups excluding tert-OH is 2. The molecule has 0 radical (unpaired) electrons. The molecular weight excluding hydrogens is 759 g/mol. The van der Waals surface area contributed by atoms with Crippen molar-refractivity contribution in [2.75, 3.05) is 31.7 Å². The van der Waals surface area contributed by atoms with E-state index in [2.05, 4.69) is 30.6 Å². The topological polar surface area (TPSA) is 162 Å². The second-order valence-corrected chi connectivity index (χ2v) is 16.1. The predicted octanol–water partition coefficient (Wildman–Crippen LogP) is 8.74. The van der Waals surface area contributed by atoms with Gasteiger partial charge in [0.15, 0.2) is 0 Å². The molecule has 1 amide bonds. The first kappa shape index (κ1) is 42.7. The molecule has 0 aromatic heterocycles. The summed E-state index contributed by atoms with van der Waals surface area (Å²) < 4.78 is 20.4. The Hall–Kier alpha value is -4.95. The van der Waals surface area contributed by atoms with E-state index < -0.39 is 10.7 Å². The van der Waals surface area contributed by atoms with Crippen LogP contribution in [0.3, 0.4) is 0 Å². The number of carbonyl (C=O) groups is 1. The fourth-order valence-corrected chi connectivity index (χ4v) is 9.84. The molecule has 6 unspecified atom stereocenters. The summed E-state index contributed by atoms with van der Waals surface area (Å²) in [5.41, 5.74) is 4.17. The van der Waals surface area contributed by atoms with Gasteiger partial charge >= 0.3 is 0 Å². The van der Waals surface area contributed by atoms with Crippen LogP contribution in [0.2, 0.25) is 0 Å². The lowest BCUT2D eigenvalue weighted by Gasteiger charge is -2.58. The number of nitro groups is 1. The fourth-order valence-electron chi connectivity index (χ4n) is 8.55. The lowest BCUT2D eigenvalue weighted by Crippen LogP contribution is -2.64. The second-order valence-electron chi connectivity index (χ2n) is 14.9. The number of nitrogens with zero attached hydrogens (tertiary/aromatic N) is 2. The van der Waals surface area contributed by atoms with Crippen LogP contribution in [-0.2, 0) is 21.0 Å². The Bertz CT molecular complexity index is 1970. The molecule has 13 heteroatoms. The molecule has 1 fully saturated rings. The van der Waals surface area contributed by atoms with Gasteiger partial charge in [-0.05, 0) is 103 Å². The molecule has 2 aliphatic carbocycles. The molecule has 6 rings (SSSR count). The lowest BCUT2D eigenvalue weighted by atomic mass is 9.56. The average molecular weight is 812 g/mol. The third-order valence-corrected chi connectivity index (χ3v) is 12.3. The number of oxime groups is 1. The smallest absolute Gasteiger partial charge is 0.269 e. The molecule has 1 heterocycles. The fraction of sp³-hybridized carbons (Fsp3) is 0.422. The zero-order valence-corrected chi connectivity index (χ0v) is 33.7. The molecule has 12 nitrogen and oxygen atoms in total. The van der Waals surface area contributed by atoms with Gasteiger partial charge in [-0.3, -0.25) is 14.9 Å². The van der Waals surface area contributed by atoms with Crippen molar-refractivity contribution in [3.63, 3.8) is 0 Å². The van der Waals surface area contributed by atoms with E-state index >= 15 is 0 Å². The van der Waals surface area contributed by atoms with Gasteiger partial charge in [-0.1, -0.05) is 42.8 Å². The Morgan fingerprint density at radius 3 is 2.41 bits per heavy atom. The number of aliphatic hydroxyl groups is 2. The molecule has 0 bridgehead atoms. The van der Waals surface area contributed by atoms with Gasteiger partial charge in [0.05, 0.1) is 28.4 Å². The number of thioether (sulfide) groups is 1. The average Bonchev–Trinajstić information content (AvgIpc) is 3.22. The summed E-state index contributed by atoms with van der Waals surface area (Å²) in [6.45, 7) is 10.2. The third kappa shape index (κ3) is 9.83. The monoisotopic (exact) mass is 811 g/mol. The maximum atomic E-state index is 11.8. The molecule has 1 saturated carbocycles. The SMILES string of the molecule is C=CCOc1ccc2c(c1)C1C(CCCCO)C(CCCCO)C=C3C(=NOCc4ccc([N+](=O)[O-])cc4)CC(Sc4ccc(NC(C)=O)cc4)C(OCC=C)(O2)C31. The van der Waals surface area contributed by atoms with E-state index in [1.165, 1.54) is 19.1 Å². The molecule has 58 heavy (non-hydrogen) atoms. The van der Waals surface area contributed by atoms with Crippen LogP contribution in [0.25, 0.3) is 0 Å². The van der Waals surface area contributed by atoms with Crippen LogP contribution in [0.5, 0.6) is 11.5 Å². The molecule has 0 spiro atoms. The Morgan fingerprint density at radius 2 is 1.74 bits per heavy atom. The number of anilines is 1. The number of benzene rings is 3. The van der Waals surface area contributed by atoms with E-state index in [-0.39, 0.29) is 66.9 Å². The van der Waals surface area contributed by atoms with Crippen LogP contribution in [0, 0.1) is 27.9 Å². The highest BCUT2D eigenvalue weighted by Gasteiger charge is 2.64. The first-order valence-corrected chi connectivity index (χ1v) is 20.8. The highest BCUT2D eigenvalue weighted by atomic mass is 32.2. The van der Waals surface area contributed by atoms with Crippen LogP contribution in [0.15, 0.2) is 114 Å². The van der Waals surface area contributed by atoms with Crippen molar-refractivity contribution < 1.29 is 39.0 Å². The first-order valence-electron chi connectivity index (χ1n) is 19.9. The number of non-ortho nitro benzene ring substituents is 1. The Kier molecular flexibility index (Phi) is 14.8. The van der Waals surface area contributed by atoms with Gasteiger partial charge in [-0.15, -0.1) is 18.3 Å². The number of nitro benzene ring substituents is 1. The van der Waals surface area contributed by atoms with Crippen molar-refractivity contribution in [3.05, 3.63) is 125 Å². The van der Waals surface area contributed by atoms with E-state index in [9.17, 15) is 25.1 Å². The van der Waals surface area contributed by atoms with Gasteiger partial charge in [-0.25, -0.2) is 0 Å². The van der Waals surface area contributed by atoms with Crippen molar-refractivity contribution in [1.82, 2.24) is 0 Å². The zero-order chi connectivity index (χ0) is 41.1. The number of rotatable bonds is 21. The van der Waals surface area contributed by atoms with E-state index in [0.717, 1.165) is 53.0 Å². The Balaban J connectivity index is 1.51. The number of allylic oxidation sites excluding steroid dienone is 1. The summed E-state index contributed by atoms with van der Waals surface area (Å²) >= 11 is 1.61. The van der Waals surface area contributed by atoms with Gasteiger partial charge in [0.2, 0.25) is 11.7 Å². The van der Waals surface area contributed by atoms with Crippen LogP contribution in [0.4, 0.5) is 11.4 Å².